The van der Waals surface area contributed by atoms with Gasteiger partial charge in [0.2, 0.25) is 5.91 Å². The molecule has 1 saturated heterocycles. The molecule has 2 N–H and O–H groups in total. The monoisotopic (exact) mass is 246 g/mol. The molecule has 18 heavy (non-hydrogen) atoms. The van der Waals surface area contributed by atoms with E-state index >= 15 is 0 Å². The summed E-state index contributed by atoms with van der Waals surface area (Å²) in [5.41, 5.74) is 7.12. The van der Waals surface area contributed by atoms with Gasteiger partial charge in [0.1, 0.15) is 0 Å². The number of aryl methyl sites for hydroxylation is 1. The Labute approximate surface area is 107 Å². The van der Waals surface area contributed by atoms with Crippen LogP contribution in [-0.2, 0) is 4.79 Å². The van der Waals surface area contributed by atoms with E-state index in [2.05, 4.69) is 0 Å². The van der Waals surface area contributed by atoms with E-state index in [0.29, 0.717) is 31.5 Å². The van der Waals surface area contributed by atoms with E-state index in [1.54, 1.807) is 4.90 Å². The first kappa shape index (κ1) is 12.6. The Hall–Kier alpha value is -1.84. The van der Waals surface area contributed by atoms with Gasteiger partial charge in [0.05, 0.1) is 0 Å². The van der Waals surface area contributed by atoms with Gasteiger partial charge in [-0.05, 0) is 31.9 Å². The maximum atomic E-state index is 12.2. The van der Waals surface area contributed by atoms with E-state index in [1.807, 2.05) is 31.2 Å². The average molecular weight is 246 g/mol. The highest BCUT2D eigenvalue weighted by molar-refractivity contribution is 5.94. The van der Waals surface area contributed by atoms with Gasteiger partial charge in [0, 0.05) is 24.6 Å². The third-order valence-electron chi connectivity index (χ3n) is 3.48. The lowest BCUT2D eigenvalue weighted by Gasteiger charge is -2.30. The van der Waals surface area contributed by atoms with Crippen molar-refractivity contribution in [2.75, 3.05) is 13.1 Å². The Morgan fingerprint density at radius 2 is 1.72 bits per heavy atom. The molecule has 0 spiro atoms. The fourth-order valence-electron chi connectivity index (χ4n) is 2.25. The SMILES string of the molecule is Cc1ccc(C(=O)N2CCC(C(N)=O)CC2)cc1. The lowest BCUT2D eigenvalue weighted by Crippen LogP contribution is -2.41. The zero-order valence-corrected chi connectivity index (χ0v) is 10.6. The molecule has 4 nitrogen and oxygen atoms in total. The number of hydrogen-bond acceptors (Lipinski definition) is 2. The molecular formula is C14H18N2O2. The molecular weight excluding hydrogens is 228 g/mol. The summed E-state index contributed by atoms with van der Waals surface area (Å²) < 4.78 is 0. The molecule has 0 saturated carbocycles. The lowest BCUT2D eigenvalue weighted by atomic mass is 9.96. The minimum absolute atomic E-state index is 0.0397. The van der Waals surface area contributed by atoms with Crippen molar-refractivity contribution in [2.45, 2.75) is 19.8 Å². The van der Waals surface area contributed by atoms with Crippen molar-refractivity contribution in [3.8, 4) is 0 Å². The van der Waals surface area contributed by atoms with Crippen molar-refractivity contribution in [1.29, 1.82) is 0 Å². The molecule has 0 radical (unpaired) electrons. The van der Waals surface area contributed by atoms with Crippen molar-refractivity contribution in [1.82, 2.24) is 4.90 Å². The number of nitrogens with two attached hydrogens (primary N) is 1. The first-order chi connectivity index (χ1) is 8.58. The third-order valence-corrected chi connectivity index (χ3v) is 3.48. The van der Waals surface area contributed by atoms with Gasteiger partial charge in [-0.15, -0.1) is 0 Å². The first-order valence-corrected chi connectivity index (χ1v) is 6.23. The number of carbonyl (C=O) groups excluding carboxylic acids is 2. The summed E-state index contributed by atoms with van der Waals surface area (Å²) in [6, 6.07) is 7.56. The Balaban J connectivity index is 1.99. The second kappa shape index (κ2) is 5.21. The summed E-state index contributed by atoms with van der Waals surface area (Å²) in [6.07, 6.45) is 1.35. The van der Waals surface area contributed by atoms with Gasteiger partial charge in [-0.2, -0.15) is 0 Å². The molecule has 1 heterocycles. The van der Waals surface area contributed by atoms with Crippen molar-refractivity contribution in [3.05, 3.63) is 35.4 Å². The largest absolute Gasteiger partial charge is 0.369 e. The van der Waals surface area contributed by atoms with Crippen molar-refractivity contribution in [2.24, 2.45) is 11.7 Å². The van der Waals surface area contributed by atoms with Crippen LogP contribution in [-0.4, -0.2) is 29.8 Å². The molecule has 96 valence electrons. The second-order valence-corrected chi connectivity index (χ2v) is 4.83. The molecule has 0 aliphatic carbocycles. The van der Waals surface area contributed by atoms with Crippen LogP contribution >= 0.6 is 0 Å². The molecule has 0 unspecified atom stereocenters. The number of piperidine rings is 1. The maximum absolute atomic E-state index is 12.2. The summed E-state index contributed by atoms with van der Waals surface area (Å²) >= 11 is 0. The van der Waals surface area contributed by atoms with Crippen molar-refractivity contribution >= 4 is 11.8 Å². The number of hydrogen-bond donors (Lipinski definition) is 1. The molecule has 2 rings (SSSR count). The minimum Gasteiger partial charge on any atom is -0.369 e. The molecule has 0 bridgehead atoms. The number of nitrogens with zero attached hydrogens (tertiary/aromatic N) is 1. The summed E-state index contributed by atoms with van der Waals surface area (Å²) in [6.45, 7) is 3.22. The van der Waals surface area contributed by atoms with Crippen LogP contribution in [0, 0.1) is 12.8 Å². The van der Waals surface area contributed by atoms with E-state index in [1.165, 1.54) is 0 Å². The van der Waals surface area contributed by atoms with Crippen molar-refractivity contribution < 1.29 is 9.59 Å². The number of benzene rings is 1. The van der Waals surface area contributed by atoms with Crippen LogP contribution in [0.15, 0.2) is 24.3 Å². The fourth-order valence-corrected chi connectivity index (χ4v) is 2.25. The number of likely N-dealkylation sites (tertiary alicyclic amines) is 1. The van der Waals surface area contributed by atoms with Crippen LogP contribution in [0.1, 0.15) is 28.8 Å². The van der Waals surface area contributed by atoms with Crippen LogP contribution in [0.4, 0.5) is 0 Å². The second-order valence-electron chi connectivity index (χ2n) is 4.83. The standard InChI is InChI=1S/C14H18N2O2/c1-10-2-4-12(5-3-10)14(18)16-8-6-11(7-9-16)13(15)17/h2-5,11H,6-9H2,1H3,(H2,15,17). The van der Waals surface area contributed by atoms with Gasteiger partial charge >= 0.3 is 0 Å². The highest BCUT2D eigenvalue weighted by Gasteiger charge is 2.26. The summed E-state index contributed by atoms with van der Waals surface area (Å²) in [5, 5.41) is 0. The van der Waals surface area contributed by atoms with Gasteiger partial charge in [0.15, 0.2) is 0 Å². The van der Waals surface area contributed by atoms with Crippen LogP contribution in [0.5, 0.6) is 0 Å². The quantitative estimate of drug-likeness (QED) is 0.855. The first-order valence-electron chi connectivity index (χ1n) is 6.23. The molecule has 1 aliphatic heterocycles. The smallest absolute Gasteiger partial charge is 0.253 e. The van der Waals surface area contributed by atoms with Crippen LogP contribution in [0.25, 0.3) is 0 Å². The Kier molecular flexibility index (Phi) is 3.65. The highest BCUT2D eigenvalue weighted by atomic mass is 16.2. The van der Waals surface area contributed by atoms with Gasteiger partial charge in [0.25, 0.3) is 5.91 Å². The zero-order chi connectivity index (χ0) is 13.1. The molecule has 1 aromatic rings. The van der Waals surface area contributed by atoms with Crippen LogP contribution in [0.3, 0.4) is 0 Å². The van der Waals surface area contributed by atoms with E-state index in [4.69, 9.17) is 5.73 Å². The van der Waals surface area contributed by atoms with Crippen LogP contribution in [0.2, 0.25) is 0 Å². The number of carbonyl (C=O) groups is 2. The van der Waals surface area contributed by atoms with E-state index in [-0.39, 0.29) is 17.7 Å². The van der Waals surface area contributed by atoms with Gasteiger partial charge in [-0.25, -0.2) is 0 Å². The van der Waals surface area contributed by atoms with Crippen molar-refractivity contribution in [3.63, 3.8) is 0 Å². The molecule has 0 aromatic heterocycles. The molecule has 0 atom stereocenters. The minimum atomic E-state index is -0.252. The molecule has 1 aromatic carbocycles. The average Bonchev–Trinajstić information content (AvgIpc) is 2.39. The zero-order valence-electron chi connectivity index (χ0n) is 10.6. The molecule has 1 aliphatic rings. The Morgan fingerprint density at radius 3 is 2.22 bits per heavy atom. The number of primary amides is 1. The predicted octanol–water partition coefficient (Wildman–Crippen LogP) is 1.33. The summed E-state index contributed by atoms with van der Waals surface area (Å²) in [7, 11) is 0. The summed E-state index contributed by atoms with van der Waals surface area (Å²) in [4.78, 5) is 25.1. The van der Waals surface area contributed by atoms with Gasteiger partial charge < -0.3 is 10.6 Å². The number of amides is 2. The molecule has 4 heteroatoms. The van der Waals surface area contributed by atoms with Gasteiger partial charge in [-0.1, -0.05) is 17.7 Å². The normalized spacial score (nSPS) is 16.6. The number of rotatable bonds is 2. The lowest BCUT2D eigenvalue weighted by molar-refractivity contribution is -0.123. The summed E-state index contributed by atoms with van der Waals surface area (Å²) in [5.74, 6) is -0.289. The predicted molar refractivity (Wildman–Crippen MR) is 69.0 cm³/mol. The maximum Gasteiger partial charge on any atom is 0.253 e. The van der Waals surface area contributed by atoms with Gasteiger partial charge in [-0.3, -0.25) is 9.59 Å². The Bertz CT molecular complexity index is 445. The van der Waals surface area contributed by atoms with Crippen LogP contribution < -0.4 is 5.73 Å². The van der Waals surface area contributed by atoms with E-state index < -0.39 is 0 Å². The molecule has 2 amide bonds. The third kappa shape index (κ3) is 2.70. The van der Waals surface area contributed by atoms with E-state index in [0.717, 1.165) is 5.56 Å². The van der Waals surface area contributed by atoms with E-state index in [9.17, 15) is 9.59 Å². The Morgan fingerprint density at radius 1 is 1.17 bits per heavy atom. The fraction of sp³-hybridized carbons (Fsp3) is 0.429. The topological polar surface area (TPSA) is 63.4 Å². The highest BCUT2D eigenvalue weighted by Crippen LogP contribution is 2.18. The molecule has 1 fully saturated rings.